The van der Waals surface area contributed by atoms with Crippen molar-refractivity contribution in [1.29, 1.82) is 0 Å². The highest BCUT2D eigenvalue weighted by molar-refractivity contribution is 9.10. The molecular weight excluding hydrogens is 651 g/mol. The molecule has 6 unspecified atom stereocenters. The van der Waals surface area contributed by atoms with Crippen LogP contribution in [0.15, 0.2) is 76.8 Å². The van der Waals surface area contributed by atoms with E-state index in [0.717, 1.165) is 26.6 Å². The van der Waals surface area contributed by atoms with Gasteiger partial charge in [0.2, 0.25) is 23.6 Å². The second kappa shape index (κ2) is 10.1. The van der Waals surface area contributed by atoms with Gasteiger partial charge in [-0.1, -0.05) is 51.3 Å². The molecule has 3 fully saturated rings. The predicted molar refractivity (Wildman–Crippen MR) is 166 cm³/mol. The fourth-order valence-electron chi connectivity index (χ4n) is 7.97. The molecule has 0 bridgehead atoms. The number of aromatic hydroxyl groups is 1. The van der Waals surface area contributed by atoms with Crippen LogP contribution in [0.4, 0.5) is 15.8 Å². The molecule has 1 saturated carbocycles. The molecule has 4 amide bonds. The molecule has 2 aliphatic heterocycles. The van der Waals surface area contributed by atoms with Gasteiger partial charge in [-0.3, -0.25) is 24.1 Å². The number of hydrogen-bond donors (Lipinski definition) is 1. The number of benzene rings is 3. The number of phenols is 1. The number of amides is 4. The number of fused-ring (bicyclic) bond motifs is 4. The predicted octanol–water partition coefficient (Wildman–Crippen LogP) is 6.69. The average Bonchev–Trinajstić information content (AvgIpc) is 3.36. The quantitative estimate of drug-likeness (QED) is 0.246. The van der Waals surface area contributed by atoms with Crippen LogP contribution in [0.2, 0.25) is 5.02 Å². The summed E-state index contributed by atoms with van der Waals surface area (Å²) in [6.45, 7) is 3.53. The van der Waals surface area contributed by atoms with Gasteiger partial charge in [-0.05, 0) is 92.3 Å². The molecule has 6 atom stereocenters. The minimum absolute atomic E-state index is 0.0959. The normalized spacial score (nSPS) is 29.5. The molecule has 1 N–H and O–H groups in total. The number of anilines is 2. The summed E-state index contributed by atoms with van der Waals surface area (Å²) in [7, 11) is 0. The molecular formula is C34H27BrClFN2O5. The lowest BCUT2D eigenvalue weighted by molar-refractivity contribution is -0.131. The molecule has 0 spiro atoms. The first-order valence-electron chi connectivity index (χ1n) is 14.4. The Morgan fingerprint density at radius 3 is 2.30 bits per heavy atom. The van der Waals surface area contributed by atoms with Crippen molar-refractivity contribution in [3.8, 4) is 5.75 Å². The first kappa shape index (κ1) is 28.9. The van der Waals surface area contributed by atoms with E-state index >= 15 is 0 Å². The SMILES string of the molecule is Cc1cc(C2C3=CCC4C(=O)N(c5ccc(Br)cc5)C(=O)C4C3CC3C(=O)N(c4ccc(F)c(Cl)c4)C(=O)C32C)ccc1O. The maximum Gasteiger partial charge on any atom is 0.241 e. The Kier molecular flexibility index (Phi) is 6.64. The van der Waals surface area contributed by atoms with Crippen LogP contribution in [0, 0.1) is 41.8 Å². The van der Waals surface area contributed by atoms with Crippen molar-refractivity contribution in [2.75, 3.05) is 9.80 Å². The molecule has 2 aliphatic carbocycles. The summed E-state index contributed by atoms with van der Waals surface area (Å²) in [5, 5.41) is 10.1. The van der Waals surface area contributed by atoms with Crippen LogP contribution < -0.4 is 9.80 Å². The average molecular weight is 678 g/mol. The van der Waals surface area contributed by atoms with Crippen molar-refractivity contribution < 1.29 is 28.7 Å². The summed E-state index contributed by atoms with van der Waals surface area (Å²) in [6.07, 6.45) is 2.49. The molecule has 4 aliphatic rings. The van der Waals surface area contributed by atoms with E-state index in [2.05, 4.69) is 15.9 Å². The van der Waals surface area contributed by atoms with Gasteiger partial charge in [0.1, 0.15) is 11.6 Å². The minimum atomic E-state index is -1.26. The number of carbonyl (C=O) groups is 4. The molecule has 7 nitrogen and oxygen atoms in total. The largest absolute Gasteiger partial charge is 0.508 e. The smallest absolute Gasteiger partial charge is 0.241 e. The van der Waals surface area contributed by atoms with E-state index in [4.69, 9.17) is 11.6 Å². The highest BCUT2D eigenvalue weighted by Gasteiger charge is 2.67. The third-order valence-corrected chi connectivity index (χ3v) is 10.9. The van der Waals surface area contributed by atoms with E-state index in [-0.39, 0.29) is 34.7 Å². The van der Waals surface area contributed by atoms with Gasteiger partial charge in [-0.25, -0.2) is 9.29 Å². The van der Waals surface area contributed by atoms with E-state index < -0.39 is 52.6 Å². The van der Waals surface area contributed by atoms with Gasteiger partial charge < -0.3 is 5.11 Å². The van der Waals surface area contributed by atoms with E-state index in [1.165, 1.54) is 17.0 Å². The third-order valence-electron chi connectivity index (χ3n) is 10.1. The summed E-state index contributed by atoms with van der Waals surface area (Å²) in [5.41, 5.74) is 1.57. The fourth-order valence-corrected chi connectivity index (χ4v) is 8.41. The van der Waals surface area contributed by atoms with E-state index in [1.807, 2.05) is 12.1 Å². The Hall–Kier alpha value is -3.82. The highest BCUT2D eigenvalue weighted by Crippen LogP contribution is 2.64. The maximum atomic E-state index is 14.4. The van der Waals surface area contributed by atoms with Crippen LogP contribution in [0.3, 0.4) is 0 Å². The number of imide groups is 2. The second-order valence-corrected chi connectivity index (χ2v) is 13.6. The molecule has 224 valence electrons. The van der Waals surface area contributed by atoms with Crippen molar-refractivity contribution in [2.24, 2.45) is 29.1 Å². The van der Waals surface area contributed by atoms with Crippen molar-refractivity contribution in [3.05, 3.63) is 98.8 Å². The molecule has 3 aromatic rings. The lowest BCUT2D eigenvalue weighted by Gasteiger charge is -2.49. The second-order valence-electron chi connectivity index (χ2n) is 12.3. The molecule has 10 heteroatoms. The number of allylic oxidation sites excluding steroid dienone is 2. The first-order chi connectivity index (χ1) is 20.9. The maximum absolute atomic E-state index is 14.4. The van der Waals surface area contributed by atoms with Crippen LogP contribution in [0.1, 0.15) is 36.8 Å². The van der Waals surface area contributed by atoms with Crippen LogP contribution in [-0.2, 0) is 19.2 Å². The minimum Gasteiger partial charge on any atom is -0.508 e. The Morgan fingerprint density at radius 2 is 1.61 bits per heavy atom. The number of hydrogen-bond acceptors (Lipinski definition) is 5. The van der Waals surface area contributed by atoms with Gasteiger partial charge in [0, 0.05) is 10.4 Å². The molecule has 0 aromatic heterocycles. The van der Waals surface area contributed by atoms with Gasteiger partial charge in [-0.15, -0.1) is 0 Å². The standard InChI is InChI=1S/C34H27BrClFN2O5/c1-16-13-17(3-12-27(16)40)29-21-9-10-22-28(32(43)38(30(22)41)19-6-4-18(35)5-7-19)23(21)15-24-31(42)39(33(44)34(24,29)2)20-8-11-26(37)25(36)14-20/h3-9,11-14,22-24,28-29,40H,10,15H2,1-2H3. The Labute approximate surface area is 266 Å². The van der Waals surface area contributed by atoms with Gasteiger partial charge in [0.15, 0.2) is 0 Å². The summed E-state index contributed by atoms with van der Waals surface area (Å²) in [5.74, 6) is -5.29. The van der Waals surface area contributed by atoms with Crippen molar-refractivity contribution in [1.82, 2.24) is 0 Å². The van der Waals surface area contributed by atoms with Crippen LogP contribution >= 0.6 is 27.5 Å². The summed E-state index contributed by atoms with van der Waals surface area (Å²) >= 11 is 9.46. The summed E-state index contributed by atoms with van der Waals surface area (Å²) < 4.78 is 14.9. The van der Waals surface area contributed by atoms with Crippen molar-refractivity contribution in [2.45, 2.75) is 32.6 Å². The van der Waals surface area contributed by atoms with Gasteiger partial charge in [0.05, 0.1) is 39.6 Å². The molecule has 44 heavy (non-hydrogen) atoms. The fraction of sp³-hybridized carbons (Fsp3) is 0.294. The lowest BCUT2D eigenvalue weighted by Crippen LogP contribution is -2.48. The Bertz CT molecular complexity index is 1830. The zero-order chi connectivity index (χ0) is 31.2. The number of halogens is 3. The molecule has 7 rings (SSSR count). The van der Waals surface area contributed by atoms with E-state index in [1.54, 1.807) is 50.2 Å². The zero-order valence-electron chi connectivity index (χ0n) is 23.8. The molecule has 0 radical (unpaired) electrons. The number of carbonyl (C=O) groups excluding carboxylic acids is 4. The molecule has 2 saturated heterocycles. The Balaban J connectivity index is 1.37. The van der Waals surface area contributed by atoms with E-state index in [0.29, 0.717) is 17.7 Å². The number of phenolic OH excluding ortho intramolecular Hbond substituents is 1. The van der Waals surface area contributed by atoms with Crippen LogP contribution in [0.25, 0.3) is 0 Å². The molecule has 3 aromatic carbocycles. The third kappa shape index (κ3) is 3.98. The Morgan fingerprint density at radius 1 is 0.909 bits per heavy atom. The first-order valence-corrected chi connectivity index (χ1v) is 15.6. The number of rotatable bonds is 3. The summed E-state index contributed by atoms with van der Waals surface area (Å²) in [6, 6.07) is 15.9. The zero-order valence-corrected chi connectivity index (χ0v) is 26.1. The van der Waals surface area contributed by atoms with E-state index in [9.17, 15) is 28.7 Å². The molecule has 2 heterocycles. The van der Waals surface area contributed by atoms with Gasteiger partial charge >= 0.3 is 0 Å². The van der Waals surface area contributed by atoms with Crippen molar-refractivity contribution in [3.63, 3.8) is 0 Å². The lowest BCUT2D eigenvalue weighted by atomic mass is 9.51. The van der Waals surface area contributed by atoms with Gasteiger partial charge in [-0.2, -0.15) is 0 Å². The monoisotopic (exact) mass is 676 g/mol. The summed E-state index contributed by atoms with van der Waals surface area (Å²) in [4.78, 5) is 58.8. The van der Waals surface area contributed by atoms with Gasteiger partial charge in [0.25, 0.3) is 0 Å². The number of aryl methyl sites for hydroxylation is 1. The van der Waals surface area contributed by atoms with Crippen LogP contribution in [-0.4, -0.2) is 28.7 Å². The number of nitrogens with zero attached hydrogens (tertiary/aromatic N) is 2. The topological polar surface area (TPSA) is 95.0 Å². The van der Waals surface area contributed by atoms with Crippen molar-refractivity contribution >= 4 is 62.5 Å². The van der Waals surface area contributed by atoms with Crippen LogP contribution in [0.5, 0.6) is 5.75 Å². The highest BCUT2D eigenvalue weighted by atomic mass is 79.9.